The Kier molecular flexibility index (Phi) is 6.57. The number of nitrogens with zero attached hydrogens (tertiary/aromatic N) is 3. The number of halogens is 1. The molecule has 3 heterocycles. The maximum Gasteiger partial charge on any atom is 0.233 e. The Hall–Kier alpha value is -0.860. The van der Waals surface area contributed by atoms with Crippen molar-refractivity contribution in [1.82, 2.24) is 20.1 Å². The van der Waals surface area contributed by atoms with Crippen molar-refractivity contribution in [3.63, 3.8) is 0 Å². The number of nitrogens with one attached hydrogen (secondary N) is 1. The van der Waals surface area contributed by atoms with E-state index in [-0.39, 0.29) is 18.3 Å². The third kappa shape index (κ3) is 4.46. The molecule has 1 atom stereocenters. The van der Waals surface area contributed by atoms with Gasteiger partial charge in [-0.2, -0.15) is 0 Å². The lowest BCUT2D eigenvalue weighted by Crippen LogP contribution is -2.49. The van der Waals surface area contributed by atoms with Crippen LogP contribution in [0.15, 0.2) is 28.6 Å². The van der Waals surface area contributed by atoms with Crippen LogP contribution >= 0.6 is 35.5 Å². The highest BCUT2D eigenvalue weighted by Crippen LogP contribution is 2.29. The number of benzene rings is 1. The zero-order chi connectivity index (χ0) is 16.4. The molecular weight excluding hydrogens is 376 g/mol. The van der Waals surface area contributed by atoms with Crippen LogP contribution in [0, 0.1) is 0 Å². The second-order valence-corrected chi connectivity index (χ2v) is 8.56. The lowest BCUT2D eigenvalue weighted by Gasteiger charge is -2.32. The number of thioether (sulfide) groups is 1. The summed E-state index contributed by atoms with van der Waals surface area (Å²) < 4.78 is 2.18. The van der Waals surface area contributed by atoms with Gasteiger partial charge in [0.2, 0.25) is 5.91 Å². The van der Waals surface area contributed by atoms with E-state index in [1.165, 1.54) is 4.70 Å². The first-order valence-corrected chi connectivity index (χ1v) is 10.3. The molecule has 1 N–H and O–H groups in total. The largest absolute Gasteiger partial charge is 0.340 e. The fourth-order valence-corrected chi connectivity index (χ4v) is 5.41. The average molecular weight is 399 g/mol. The highest BCUT2D eigenvalue weighted by molar-refractivity contribution is 8.01. The second kappa shape index (κ2) is 8.68. The van der Waals surface area contributed by atoms with E-state index in [0.29, 0.717) is 11.8 Å². The van der Waals surface area contributed by atoms with Gasteiger partial charge in [0.05, 0.1) is 16.0 Å². The molecule has 0 saturated carbocycles. The molecule has 4 rings (SSSR count). The molecule has 1 aromatic heterocycles. The van der Waals surface area contributed by atoms with Crippen LogP contribution in [0.1, 0.15) is 6.42 Å². The first-order valence-electron chi connectivity index (χ1n) is 8.50. The van der Waals surface area contributed by atoms with Crippen LogP contribution in [0.5, 0.6) is 0 Å². The van der Waals surface area contributed by atoms with Gasteiger partial charge in [0.1, 0.15) is 0 Å². The standard InChI is InChI=1S/C17H22N4OS2.ClH/c22-16(12-23-17-19-14-3-1-2-4-15(14)24-17)21-8-5-13(11-21)20-9-6-18-7-10-20;/h1-4,13,18H,5-12H2;1H. The number of likely N-dealkylation sites (tertiary alicyclic amines) is 1. The van der Waals surface area contributed by atoms with E-state index in [1.54, 1.807) is 23.1 Å². The van der Waals surface area contributed by atoms with E-state index in [4.69, 9.17) is 0 Å². The molecule has 2 aliphatic heterocycles. The average Bonchev–Trinajstić information content (AvgIpc) is 3.27. The van der Waals surface area contributed by atoms with E-state index < -0.39 is 0 Å². The third-order valence-electron chi connectivity index (χ3n) is 4.78. The van der Waals surface area contributed by atoms with E-state index in [0.717, 1.165) is 55.5 Å². The molecule has 2 saturated heterocycles. The number of rotatable bonds is 4. The third-order valence-corrected chi connectivity index (χ3v) is 6.94. The summed E-state index contributed by atoms with van der Waals surface area (Å²) in [5.41, 5.74) is 1.03. The lowest BCUT2D eigenvalue weighted by molar-refractivity contribution is -0.127. The Labute approximate surface area is 162 Å². The predicted molar refractivity (Wildman–Crippen MR) is 107 cm³/mol. The minimum atomic E-state index is 0. The number of para-hydroxylation sites is 1. The number of carbonyl (C=O) groups excluding carboxylic acids is 1. The Bertz CT molecular complexity index is 686. The maximum absolute atomic E-state index is 12.5. The van der Waals surface area contributed by atoms with Crippen LogP contribution < -0.4 is 5.32 Å². The quantitative estimate of drug-likeness (QED) is 0.801. The van der Waals surface area contributed by atoms with Crippen LogP contribution in [0.3, 0.4) is 0 Å². The van der Waals surface area contributed by atoms with Crippen molar-refractivity contribution in [2.24, 2.45) is 0 Å². The first kappa shape index (κ1) is 18.9. The minimum Gasteiger partial charge on any atom is -0.340 e. The summed E-state index contributed by atoms with van der Waals surface area (Å²) in [5.74, 6) is 0.741. The van der Waals surface area contributed by atoms with Gasteiger partial charge in [-0.05, 0) is 18.6 Å². The van der Waals surface area contributed by atoms with Crippen LogP contribution in [0.4, 0.5) is 0 Å². The Balaban J connectivity index is 0.00000182. The van der Waals surface area contributed by atoms with Crippen molar-refractivity contribution in [3.8, 4) is 0 Å². The minimum absolute atomic E-state index is 0. The van der Waals surface area contributed by atoms with Gasteiger partial charge in [0.15, 0.2) is 4.34 Å². The molecule has 2 aliphatic rings. The van der Waals surface area contributed by atoms with Gasteiger partial charge in [0, 0.05) is 45.3 Å². The zero-order valence-corrected chi connectivity index (χ0v) is 16.5. The summed E-state index contributed by atoms with van der Waals surface area (Å²) in [7, 11) is 0. The second-order valence-electron chi connectivity index (χ2n) is 6.30. The summed E-state index contributed by atoms with van der Waals surface area (Å²) in [6.07, 6.45) is 1.11. The fourth-order valence-electron chi connectivity index (χ4n) is 3.44. The van der Waals surface area contributed by atoms with Crippen LogP contribution in [0.2, 0.25) is 0 Å². The number of piperazine rings is 1. The maximum atomic E-state index is 12.5. The van der Waals surface area contributed by atoms with Gasteiger partial charge >= 0.3 is 0 Å². The van der Waals surface area contributed by atoms with Gasteiger partial charge < -0.3 is 10.2 Å². The number of aromatic nitrogens is 1. The van der Waals surface area contributed by atoms with Gasteiger partial charge in [0.25, 0.3) is 0 Å². The highest BCUT2D eigenvalue weighted by Gasteiger charge is 2.30. The summed E-state index contributed by atoms with van der Waals surface area (Å²) in [6, 6.07) is 8.68. The normalized spacial score (nSPS) is 21.4. The fraction of sp³-hybridized carbons (Fsp3) is 0.529. The molecule has 1 aromatic carbocycles. The SMILES string of the molecule is Cl.O=C(CSc1nc2ccccc2s1)N1CCC(N2CCNCC2)C1. The highest BCUT2D eigenvalue weighted by atomic mass is 35.5. The molecule has 0 aliphatic carbocycles. The summed E-state index contributed by atoms with van der Waals surface area (Å²) in [5, 5.41) is 3.39. The number of carbonyl (C=O) groups is 1. The number of hydrogen-bond donors (Lipinski definition) is 1. The van der Waals surface area contributed by atoms with Crippen molar-refractivity contribution < 1.29 is 4.79 Å². The molecule has 2 fully saturated rings. The molecule has 1 amide bonds. The molecule has 0 spiro atoms. The molecule has 25 heavy (non-hydrogen) atoms. The van der Waals surface area contributed by atoms with Crippen LogP contribution in [-0.4, -0.2) is 71.8 Å². The molecule has 8 heteroatoms. The van der Waals surface area contributed by atoms with E-state index in [1.807, 2.05) is 23.1 Å². The summed E-state index contributed by atoms with van der Waals surface area (Å²) in [4.78, 5) is 21.7. The Morgan fingerprint density at radius 3 is 2.88 bits per heavy atom. The molecular formula is C17H23ClN4OS2. The molecule has 1 unspecified atom stereocenters. The first-order chi connectivity index (χ1) is 11.8. The Morgan fingerprint density at radius 2 is 2.08 bits per heavy atom. The van der Waals surface area contributed by atoms with Gasteiger partial charge in [-0.1, -0.05) is 23.9 Å². The monoisotopic (exact) mass is 398 g/mol. The van der Waals surface area contributed by atoms with Crippen molar-refractivity contribution >= 4 is 51.6 Å². The van der Waals surface area contributed by atoms with Crippen molar-refractivity contribution in [3.05, 3.63) is 24.3 Å². The van der Waals surface area contributed by atoms with Gasteiger partial charge in [-0.15, -0.1) is 23.7 Å². The summed E-state index contributed by atoms with van der Waals surface area (Å²) in [6.45, 7) is 6.13. The van der Waals surface area contributed by atoms with Crippen molar-refractivity contribution in [2.75, 3.05) is 45.0 Å². The van der Waals surface area contributed by atoms with E-state index >= 15 is 0 Å². The van der Waals surface area contributed by atoms with E-state index in [2.05, 4.69) is 21.3 Å². The summed E-state index contributed by atoms with van der Waals surface area (Å²) >= 11 is 3.24. The van der Waals surface area contributed by atoms with Gasteiger partial charge in [-0.3, -0.25) is 9.69 Å². The molecule has 0 radical (unpaired) electrons. The molecule has 0 bridgehead atoms. The predicted octanol–water partition coefficient (Wildman–Crippen LogP) is 2.32. The van der Waals surface area contributed by atoms with Crippen molar-refractivity contribution in [1.29, 1.82) is 0 Å². The zero-order valence-electron chi connectivity index (χ0n) is 14.0. The van der Waals surface area contributed by atoms with Crippen LogP contribution in [0.25, 0.3) is 10.2 Å². The topological polar surface area (TPSA) is 48.5 Å². The number of fused-ring (bicyclic) bond motifs is 1. The molecule has 5 nitrogen and oxygen atoms in total. The number of amides is 1. The molecule has 2 aromatic rings. The lowest BCUT2D eigenvalue weighted by atomic mass is 10.2. The number of hydrogen-bond acceptors (Lipinski definition) is 6. The smallest absolute Gasteiger partial charge is 0.233 e. The van der Waals surface area contributed by atoms with Crippen molar-refractivity contribution in [2.45, 2.75) is 16.8 Å². The molecule has 136 valence electrons. The number of thiazole rings is 1. The van der Waals surface area contributed by atoms with Gasteiger partial charge in [-0.25, -0.2) is 4.98 Å². The van der Waals surface area contributed by atoms with E-state index in [9.17, 15) is 4.79 Å². The van der Waals surface area contributed by atoms with Crippen LogP contribution in [-0.2, 0) is 4.79 Å². The Morgan fingerprint density at radius 1 is 1.28 bits per heavy atom.